The first-order valence-corrected chi connectivity index (χ1v) is 7.23. The molecule has 1 aliphatic heterocycles. The van der Waals surface area contributed by atoms with Crippen LogP contribution in [-0.4, -0.2) is 36.5 Å². The van der Waals surface area contributed by atoms with E-state index in [0.29, 0.717) is 6.04 Å². The number of rotatable bonds is 3. The van der Waals surface area contributed by atoms with Crippen LogP contribution in [0.4, 0.5) is 0 Å². The summed E-state index contributed by atoms with van der Waals surface area (Å²) in [5.74, 6) is 0.372. The fourth-order valence-corrected chi connectivity index (χ4v) is 2.60. The molecule has 19 heavy (non-hydrogen) atoms. The van der Waals surface area contributed by atoms with E-state index in [0.717, 1.165) is 32.5 Å². The second-order valence-corrected chi connectivity index (χ2v) is 5.63. The van der Waals surface area contributed by atoms with Crippen LogP contribution in [0.5, 0.6) is 0 Å². The molecule has 1 aliphatic rings. The van der Waals surface area contributed by atoms with Gasteiger partial charge < -0.3 is 10.2 Å². The van der Waals surface area contributed by atoms with Crippen LogP contribution in [-0.2, 0) is 11.2 Å². The minimum absolute atomic E-state index is 0.0930. The summed E-state index contributed by atoms with van der Waals surface area (Å²) in [4.78, 5) is 14.2. The summed E-state index contributed by atoms with van der Waals surface area (Å²) in [7, 11) is 0. The van der Waals surface area contributed by atoms with Crippen LogP contribution in [0.3, 0.4) is 0 Å². The topological polar surface area (TPSA) is 32.3 Å². The van der Waals surface area contributed by atoms with Crippen LogP contribution < -0.4 is 5.32 Å². The van der Waals surface area contributed by atoms with Gasteiger partial charge in [-0.05, 0) is 24.9 Å². The van der Waals surface area contributed by atoms with Crippen molar-refractivity contribution < 1.29 is 4.79 Å². The van der Waals surface area contributed by atoms with Gasteiger partial charge >= 0.3 is 0 Å². The van der Waals surface area contributed by atoms with Crippen LogP contribution in [0.2, 0.25) is 0 Å². The number of hydrogen-bond donors (Lipinski definition) is 1. The average molecular weight is 260 g/mol. The van der Waals surface area contributed by atoms with E-state index >= 15 is 0 Å². The fraction of sp³-hybridized carbons (Fsp3) is 0.562. The molecule has 0 aromatic heterocycles. The minimum atomic E-state index is 0.0930. The van der Waals surface area contributed by atoms with Gasteiger partial charge in [0, 0.05) is 25.0 Å². The summed E-state index contributed by atoms with van der Waals surface area (Å²) in [5.41, 5.74) is 1.33. The summed E-state index contributed by atoms with van der Waals surface area (Å²) < 4.78 is 0. The van der Waals surface area contributed by atoms with Gasteiger partial charge in [0.05, 0.1) is 0 Å². The van der Waals surface area contributed by atoms with E-state index in [9.17, 15) is 4.79 Å². The molecule has 1 saturated heterocycles. The maximum atomic E-state index is 12.1. The molecule has 1 N–H and O–H groups in total. The fourth-order valence-electron chi connectivity index (χ4n) is 2.60. The molecule has 1 atom stereocenters. The van der Waals surface area contributed by atoms with Crippen LogP contribution in [0.1, 0.15) is 25.8 Å². The number of carbonyl (C=O) groups excluding carboxylic acids is 1. The molecular formula is C16H24N2O. The van der Waals surface area contributed by atoms with Crippen molar-refractivity contribution >= 4 is 5.91 Å². The zero-order chi connectivity index (χ0) is 13.7. The number of nitrogens with one attached hydrogen (secondary N) is 1. The second-order valence-electron chi connectivity index (χ2n) is 5.63. The van der Waals surface area contributed by atoms with Gasteiger partial charge in [-0.1, -0.05) is 44.2 Å². The van der Waals surface area contributed by atoms with Gasteiger partial charge in [0.25, 0.3) is 0 Å². The normalized spacial score (nSPS) is 20.4. The third kappa shape index (κ3) is 4.06. The molecule has 1 amide bonds. The molecule has 0 radical (unpaired) electrons. The highest BCUT2D eigenvalue weighted by atomic mass is 16.2. The quantitative estimate of drug-likeness (QED) is 0.902. The molecule has 1 unspecified atom stereocenters. The largest absolute Gasteiger partial charge is 0.341 e. The van der Waals surface area contributed by atoms with Crippen molar-refractivity contribution in [1.29, 1.82) is 0 Å². The number of benzene rings is 1. The van der Waals surface area contributed by atoms with E-state index in [-0.39, 0.29) is 11.8 Å². The van der Waals surface area contributed by atoms with E-state index in [2.05, 4.69) is 29.6 Å². The van der Waals surface area contributed by atoms with Crippen molar-refractivity contribution in [3.05, 3.63) is 35.9 Å². The molecular weight excluding hydrogens is 236 g/mol. The Hall–Kier alpha value is -1.35. The van der Waals surface area contributed by atoms with Crippen molar-refractivity contribution in [2.45, 2.75) is 32.7 Å². The number of carbonyl (C=O) groups is 1. The molecule has 2 rings (SSSR count). The zero-order valence-electron chi connectivity index (χ0n) is 11.9. The maximum absolute atomic E-state index is 12.1. The molecule has 1 heterocycles. The first-order chi connectivity index (χ1) is 9.16. The van der Waals surface area contributed by atoms with E-state index in [1.165, 1.54) is 5.56 Å². The molecule has 3 heteroatoms. The van der Waals surface area contributed by atoms with E-state index in [1.54, 1.807) is 0 Å². The molecule has 1 fully saturated rings. The van der Waals surface area contributed by atoms with Crippen LogP contribution in [0.15, 0.2) is 30.3 Å². The van der Waals surface area contributed by atoms with Crippen LogP contribution in [0, 0.1) is 5.92 Å². The van der Waals surface area contributed by atoms with E-state index in [4.69, 9.17) is 0 Å². The van der Waals surface area contributed by atoms with E-state index in [1.807, 2.05) is 24.8 Å². The lowest BCUT2D eigenvalue weighted by molar-refractivity contribution is -0.134. The lowest BCUT2D eigenvalue weighted by Crippen LogP contribution is -2.43. The Morgan fingerprint density at radius 1 is 1.37 bits per heavy atom. The van der Waals surface area contributed by atoms with Crippen molar-refractivity contribution in [3.63, 3.8) is 0 Å². The SMILES string of the molecule is CC(C)C(=O)N1CCCNC(Cc2ccccc2)C1. The Labute approximate surface area is 116 Å². The average Bonchev–Trinajstić information content (AvgIpc) is 2.64. The Kier molecular flexibility index (Phi) is 4.97. The van der Waals surface area contributed by atoms with Crippen molar-refractivity contribution in [3.8, 4) is 0 Å². The molecule has 1 aromatic carbocycles. The predicted molar refractivity (Wildman–Crippen MR) is 78.0 cm³/mol. The number of amides is 1. The van der Waals surface area contributed by atoms with Gasteiger partial charge in [-0.15, -0.1) is 0 Å². The van der Waals surface area contributed by atoms with Gasteiger partial charge in [-0.3, -0.25) is 4.79 Å². The highest BCUT2D eigenvalue weighted by Crippen LogP contribution is 2.10. The van der Waals surface area contributed by atoms with Crippen molar-refractivity contribution in [2.75, 3.05) is 19.6 Å². The molecule has 104 valence electrons. The summed E-state index contributed by atoms with van der Waals surface area (Å²) in [5, 5.41) is 3.56. The van der Waals surface area contributed by atoms with Crippen molar-refractivity contribution in [1.82, 2.24) is 10.2 Å². The minimum Gasteiger partial charge on any atom is -0.341 e. The second kappa shape index (κ2) is 6.71. The monoisotopic (exact) mass is 260 g/mol. The lowest BCUT2D eigenvalue weighted by Gasteiger charge is -2.26. The van der Waals surface area contributed by atoms with Gasteiger partial charge in [0.1, 0.15) is 0 Å². The van der Waals surface area contributed by atoms with Gasteiger partial charge in [0.15, 0.2) is 0 Å². The zero-order valence-corrected chi connectivity index (χ0v) is 11.9. The third-order valence-corrected chi connectivity index (χ3v) is 3.61. The van der Waals surface area contributed by atoms with E-state index < -0.39 is 0 Å². The molecule has 0 bridgehead atoms. The van der Waals surface area contributed by atoms with Crippen LogP contribution in [0.25, 0.3) is 0 Å². The van der Waals surface area contributed by atoms with Gasteiger partial charge in [-0.2, -0.15) is 0 Å². The molecule has 1 aromatic rings. The van der Waals surface area contributed by atoms with Gasteiger partial charge in [-0.25, -0.2) is 0 Å². The molecule has 0 aliphatic carbocycles. The Bertz CT molecular complexity index is 402. The molecule has 0 spiro atoms. The summed E-state index contributed by atoms with van der Waals surface area (Å²) in [6.45, 7) is 6.67. The Morgan fingerprint density at radius 3 is 2.79 bits per heavy atom. The smallest absolute Gasteiger partial charge is 0.225 e. The number of nitrogens with zero attached hydrogens (tertiary/aromatic N) is 1. The maximum Gasteiger partial charge on any atom is 0.225 e. The lowest BCUT2D eigenvalue weighted by atomic mass is 10.1. The predicted octanol–water partition coefficient (Wildman–Crippen LogP) is 2.08. The standard InChI is InChI=1S/C16H24N2O/c1-13(2)16(19)18-10-6-9-17-15(12-18)11-14-7-4-3-5-8-14/h3-5,7-8,13,15,17H,6,9-12H2,1-2H3. The first kappa shape index (κ1) is 14.1. The summed E-state index contributed by atoms with van der Waals surface area (Å²) in [6.07, 6.45) is 2.03. The third-order valence-electron chi connectivity index (χ3n) is 3.61. The highest BCUT2D eigenvalue weighted by molar-refractivity contribution is 5.78. The highest BCUT2D eigenvalue weighted by Gasteiger charge is 2.23. The summed E-state index contributed by atoms with van der Waals surface area (Å²) in [6, 6.07) is 10.9. The molecule has 0 saturated carbocycles. The molecule has 3 nitrogen and oxygen atoms in total. The van der Waals surface area contributed by atoms with Gasteiger partial charge in [0.2, 0.25) is 5.91 Å². The first-order valence-electron chi connectivity index (χ1n) is 7.23. The van der Waals surface area contributed by atoms with Crippen molar-refractivity contribution in [2.24, 2.45) is 5.92 Å². The van der Waals surface area contributed by atoms with Crippen LogP contribution >= 0.6 is 0 Å². The number of hydrogen-bond acceptors (Lipinski definition) is 2. The Balaban J connectivity index is 1.98. The summed E-state index contributed by atoms with van der Waals surface area (Å²) >= 11 is 0. The Morgan fingerprint density at radius 2 is 2.11 bits per heavy atom.